The molecule has 1 heterocycles. The highest BCUT2D eigenvalue weighted by atomic mass is 16.5. The van der Waals surface area contributed by atoms with Crippen molar-refractivity contribution in [3.05, 3.63) is 42.0 Å². The van der Waals surface area contributed by atoms with Gasteiger partial charge in [-0.25, -0.2) is 4.79 Å². The zero-order valence-electron chi connectivity index (χ0n) is 14.3. The van der Waals surface area contributed by atoms with Crippen LogP contribution in [0.2, 0.25) is 0 Å². The van der Waals surface area contributed by atoms with Gasteiger partial charge in [0.2, 0.25) is 11.8 Å². The monoisotopic (exact) mass is 357 g/mol. The minimum absolute atomic E-state index is 0.0176. The maximum Gasteiger partial charge on any atom is 0.337 e. The summed E-state index contributed by atoms with van der Waals surface area (Å²) in [4.78, 5) is 49.2. The normalized spacial score (nSPS) is 21.5. The molecule has 0 unspecified atom stereocenters. The minimum Gasteiger partial charge on any atom is -0.465 e. The first-order chi connectivity index (χ1) is 12.5. The molecule has 2 amide bonds. The molecule has 0 aromatic heterocycles. The second-order valence-electron chi connectivity index (χ2n) is 6.22. The molecule has 1 aliphatic carbocycles. The summed E-state index contributed by atoms with van der Waals surface area (Å²) in [7, 11) is 1.28. The fraction of sp³-hybridized carbons (Fsp3) is 0.368. The molecule has 0 spiro atoms. The molecule has 1 fully saturated rings. The van der Waals surface area contributed by atoms with Crippen LogP contribution in [0.1, 0.15) is 29.6 Å². The lowest BCUT2D eigenvalue weighted by molar-refractivity contribution is -0.141. The number of amides is 2. The summed E-state index contributed by atoms with van der Waals surface area (Å²) in [5, 5.41) is 0. The van der Waals surface area contributed by atoms with Crippen LogP contribution in [-0.4, -0.2) is 42.3 Å². The summed E-state index contributed by atoms with van der Waals surface area (Å²) in [6, 6.07) is 5.94. The van der Waals surface area contributed by atoms with Gasteiger partial charge in [-0.2, -0.15) is 0 Å². The van der Waals surface area contributed by atoms with E-state index in [1.54, 1.807) is 0 Å². The van der Waals surface area contributed by atoms with Gasteiger partial charge in [0.05, 0.1) is 30.9 Å². The number of fused-ring (bicyclic) bond motifs is 1. The van der Waals surface area contributed by atoms with Gasteiger partial charge in [0.1, 0.15) is 5.75 Å². The van der Waals surface area contributed by atoms with Gasteiger partial charge >= 0.3 is 11.9 Å². The van der Waals surface area contributed by atoms with E-state index in [1.165, 1.54) is 36.3 Å². The summed E-state index contributed by atoms with van der Waals surface area (Å²) < 4.78 is 9.77. The molecule has 3 rings (SSSR count). The lowest BCUT2D eigenvalue weighted by atomic mass is 9.85. The van der Waals surface area contributed by atoms with E-state index in [0.29, 0.717) is 18.4 Å². The highest BCUT2D eigenvalue weighted by Gasteiger charge is 2.46. The van der Waals surface area contributed by atoms with Gasteiger partial charge in [0, 0.05) is 6.54 Å². The van der Waals surface area contributed by atoms with Crippen LogP contribution in [0.5, 0.6) is 5.75 Å². The SMILES string of the molecule is COC(=O)c1ccc(OC(=O)CCN2C(=O)[C@H]3CC=CC[C@@H]3C2=O)cc1. The molecule has 1 saturated heterocycles. The second-order valence-corrected chi connectivity index (χ2v) is 6.22. The number of imide groups is 1. The molecule has 0 N–H and O–H groups in total. The topological polar surface area (TPSA) is 90.0 Å². The number of ether oxygens (including phenoxy) is 2. The lowest BCUT2D eigenvalue weighted by Crippen LogP contribution is -2.33. The Kier molecular flexibility index (Phi) is 5.16. The quantitative estimate of drug-likeness (QED) is 0.345. The molecule has 26 heavy (non-hydrogen) atoms. The van der Waals surface area contributed by atoms with Crippen LogP contribution in [0, 0.1) is 11.8 Å². The van der Waals surface area contributed by atoms with Crippen molar-refractivity contribution in [2.75, 3.05) is 13.7 Å². The van der Waals surface area contributed by atoms with E-state index >= 15 is 0 Å². The van der Waals surface area contributed by atoms with E-state index in [9.17, 15) is 19.2 Å². The van der Waals surface area contributed by atoms with Crippen LogP contribution >= 0.6 is 0 Å². The van der Waals surface area contributed by atoms with Gasteiger partial charge in [-0.1, -0.05) is 12.2 Å². The Bertz CT molecular complexity index is 741. The molecule has 1 aromatic rings. The average molecular weight is 357 g/mol. The van der Waals surface area contributed by atoms with E-state index in [-0.39, 0.29) is 42.4 Å². The van der Waals surface area contributed by atoms with Crippen molar-refractivity contribution < 1.29 is 28.7 Å². The summed E-state index contributed by atoms with van der Waals surface area (Å²) in [6.45, 7) is 0.0176. The number of allylic oxidation sites excluding steroid dienone is 2. The van der Waals surface area contributed by atoms with E-state index < -0.39 is 11.9 Å². The Morgan fingerprint density at radius 2 is 1.62 bits per heavy atom. The standard InChI is InChI=1S/C19H19NO6/c1-25-19(24)12-6-8-13(9-7-12)26-16(21)10-11-20-17(22)14-4-2-3-5-15(14)18(20)23/h2-3,6-9,14-15H,4-5,10-11H2,1H3/t14-,15-/m0/s1. The number of methoxy groups -OCH3 is 1. The molecule has 136 valence electrons. The highest BCUT2D eigenvalue weighted by molar-refractivity contribution is 6.05. The first kappa shape index (κ1) is 17.8. The molecule has 0 bridgehead atoms. The smallest absolute Gasteiger partial charge is 0.337 e. The van der Waals surface area contributed by atoms with Gasteiger partial charge < -0.3 is 9.47 Å². The Labute approximate surface area is 150 Å². The number of nitrogens with zero attached hydrogens (tertiary/aromatic N) is 1. The maximum absolute atomic E-state index is 12.3. The molecule has 2 atom stereocenters. The van der Waals surface area contributed by atoms with Crippen molar-refractivity contribution >= 4 is 23.8 Å². The van der Waals surface area contributed by atoms with Gasteiger partial charge in [0.25, 0.3) is 0 Å². The predicted octanol–water partition coefficient (Wildman–Crippen LogP) is 1.72. The van der Waals surface area contributed by atoms with Crippen LogP contribution in [0.25, 0.3) is 0 Å². The number of hydrogen-bond acceptors (Lipinski definition) is 6. The summed E-state index contributed by atoms with van der Waals surface area (Å²) in [6.07, 6.45) is 4.90. The van der Waals surface area contributed by atoms with Gasteiger partial charge in [-0.05, 0) is 37.1 Å². The predicted molar refractivity (Wildman–Crippen MR) is 90.1 cm³/mol. The molecule has 0 radical (unpaired) electrons. The molecular weight excluding hydrogens is 338 g/mol. The van der Waals surface area contributed by atoms with E-state index in [1.807, 2.05) is 12.2 Å². The average Bonchev–Trinajstić information content (AvgIpc) is 2.91. The van der Waals surface area contributed by atoms with E-state index in [0.717, 1.165) is 0 Å². The van der Waals surface area contributed by atoms with Crippen molar-refractivity contribution in [3.63, 3.8) is 0 Å². The van der Waals surface area contributed by atoms with E-state index in [4.69, 9.17) is 4.74 Å². The largest absolute Gasteiger partial charge is 0.465 e. The van der Waals surface area contributed by atoms with Crippen LogP contribution in [0.4, 0.5) is 0 Å². The molecule has 2 aliphatic rings. The summed E-state index contributed by atoms with van der Waals surface area (Å²) >= 11 is 0. The first-order valence-electron chi connectivity index (χ1n) is 8.40. The number of benzene rings is 1. The first-order valence-corrected chi connectivity index (χ1v) is 8.40. The number of carbonyl (C=O) groups is 4. The Hall–Kier alpha value is -2.96. The van der Waals surface area contributed by atoms with Crippen LogP contribution < -0.4 is 4.74 Å². The van der Waals surface area contributed by atoms with Crippen molar-refractivity contribution in [1.29, 1.82) is 0 Å². The third-order valence-corrected chi connectivity index (χ3v) is 4.65. The Morgan fingerprint density at radius 3 is 2.15 bits per heavy atom. The molecular formula is C19H19NO6. The van der Waals surface area contributed by atoms with Crippen LogP contribution in [-0.2, 0) is 19.1 Å². The summed E-state index contributed by atoms with van der Waals surface area (Å²) in [5.41, 5.74) is 0.344. The number of hydrogen-bond donors (Lipinski definition) is 0. The van der Waals surface area contributed by atoms with Gasteiger partial charge in [0.15, 0.2) is 0 Å². The molecule has 0 saturated carbocycles. The lowest BCUT2D eigenvalue weighted by Gasteiger charge is -2.14. The van der Waals surface area contributed by atoms with Crippen molar-refractivity contribution in [1.82, 2.24) is 4.90 Å². The fourth-order valence-electron chi connectivity index (χ4n) is 3.25. The number of likely N-dealkylation sites (tertiary alicyclic amines) is 1. The van der Waals surface area contributed by atoms with Crippen LogP contribution in [0.3, 0.4) is 0 Å². The Morgan fingerprint density at radius 1 is 1.04 bits per heavy atom. The van der Waals surface area contributed by atoms with Crippen molar-refractivity contribution in [3.8, 4) is 5.75 Å². The maximum atomic E-state index is 12.3. The third-order valence-electron chi connectivity index (χ3n) is 4.65. The highest BCUT2D eigenvalue weighted by Crippen LogP contribution is 2.35. The molecule has 1 aliphatic heterocycles. The summed E-state index contributed by atoms with van der Waals surface area (Å²) in [5.74, 6) is -1.77. The van der Waals surface area contributed by atoms with Crippen molar-refractivity contribution in [2.24, 2.45) is 11.8 Å². The molecule has 1 aromatic carbocycles. The van der Waals surface area contributed by atoms with E-state index in [2.05, 4.69) is 4.74 Å². The molecule has 7 nitrogen and oxygen atoms in total. The number of rotatable bonds is 5. The van der Waals surface area contributed by atoms with Gasteiger partial charge in [-0.3, -0.25) is 19.3 Å². The third kappa shape index (κ3) is 3.51. The zero-order valence-corrected chi connectivity index (χ0v) is 14.3. The van der Waals surface area contributed by atoms with Crippen molar-refractivity contribution in [2.45, 2.75) is 19.3 Å². The molecule has 7 heteroatoms. The number of carbonyl (C=O) groups excluding carboxylic acids is 4. The zero-order chi connectivity index (χ0) is 18.7. The fourth-order valence-corrected chi connectivity index (χ4v) is 3.25. The Balaban J connectivity index is 1.53. The minimum atomic E-state index is -0.551. The number of esters is 2. The van der Waals surface area contributed by atoms with Gasteiger partial charge in [-0.15, -0.1) is 0 Å². The van der Waals surface area contributed by atoms with Crippen LogP contribution in [0.15, 0.2) is 36.4 Å². The second kappa shape index (κ2) is 7.51.